The van der Waals surface area contributed by atoms with E-state index in [1.165, 1.54) is 0 Å². The highest BCUT2D eigenvalue weighted by Gasteiger charge is 2.13. The van der Waals surface area contributed by atoms with Gasteiger partial charge in [-0.2, -0.15) is 0 Å². The van der Waals surface area contributed by atoms with Gasteiger partial charge in [-0.15, -0.1) is 0 Å². The molecule has 1 amide bonds. The molecular weight excluding hydrogens is 214 g/mol. The maximum Gasteiger partial charge on any atom is 0.253 e. The monoisotopic (exact) mass is 235 g/mol. The number of benzene rings is 1. The van der Waals surface area contributed by atoms with E-state index < -0.39 is 0 Å². The largest absolute Gasteiger partial charge is 0.398 e. The average Bonchev–Trinajstić information content (AvgIpc) is 2.20. The molecule has 0 spiro atoms. The van der Waals surface area contributed by atoms with Gasteiger partial charge in [-0.25, -0.2) is 0 Å². The van der Waals surface area contributed by atoms with Gasteiger partial charge < -0.3 is 16.0 Å². The van der Waals surface area contributed by atoms with Gasteiger partial charge >= 0.3 is 0 Å². The molecule has 1 atom stereocenters. The number of aryl methyl sites for hydroxylation is 1. The zero-order chi connectivity index (χ0) is 13.0. The first-order valence-corrected chi connectivity index (χ1v) is 5.72. The summed E-state index contributed by atoms with van der Waals surface area (Å²) in [5.41, 5.74) is 7.90. The Hall–Kier alpha value is -1.55. The minimum absolute atomic E-state index is 0.0948. The zero-order valence-corrected chi connectivity index (χ0v) is 10.9. The Labute approximate surface area is 103 Å². The maximum atomic E-state index is 12.0. The molecule has 0 aliphatic heterocycles. The number of likely N-dealkylation sites (N-methyl/N-ethyl adjacent to an activating group) is 1. The summed E-state index contributed by atoms with van der Waals surface area (Å²) in [6, 6.07) is 5.57. The van der Waals surface area contributed by atoms with Gasteiger partial charge in [0.1, 0.15) is 0 Å². The topological polar surface area (TPSA) is 58.4 Å². The fourth-order valence-electron chi connectivity index (χ4n) is 1.76. The van der Waals surface area contributed by atoms with Crippen molar-refractivity contribution in [2.45, 2.75) is 19.9 Å². The van der Waals surface area contributed by atoms with Crippen molar-refractivity contribution in [3.63, 3.8) is 0 Å². The van der Waals surface area contributed by atoms with E-state index in [0.717, 1.165) is 12.1 Å². The van der Waals surface area contributed by atoms with E-state index in [0.29, 0.717) is 11.3 Å². The standard InChI is InChI=1S/C13H21N3O/c1-9-5-6-12(14)11(7-9)13(17)15-10(2)8-16(3)4/h5-7,10H,8,14H2,1-4H3,(H,15,17). The summed E-state index contributed by atoms with van der Waals surface area (Å²) in [5, 5.41) is 2.93. The number of amides is 1. The molecule has 4 nitrogen and oxygen atoms in total. The number of anilines is 1. The van der Waals surface area contributed by atoms with Crippen LogP contribution < -0.4 is 11.1 Å². The summed E-state index contributed by atoms with van der Waals surface area (Å²) in [5.74, 6) is -0.111. The van der Waals surface area contributed by atoms with Gasteiger partial charge in [0.05, 0.1) is 5.56 Å². The van der Waals surface area contributed by atoms with Crippen molar-refractivity contribution in [3.05, 3.63) is 29.3 Å². The van der Waals surface area contributed by atoms with E-state index in [2.05, 4.69) is 5.32 Å². The lowest BCUT2D eigenvalue weighted by atomic mass is 10.1. The quantitative estimate of drug-likeness (QED) is 0.772. The molecule has 0 saturated carbocycles. The van der Waals surface area contributed by atoms with Crippen molar-refractivity contribution in [1.82, 2.24) is 10.2 Å². The van der Waals surface area contributed by atoms with Gasteiger partial charge in [0.2, 0.25) is 0 Å². The summed E-state index contributed by atoms with van der Waals surface area (Å²) in [4.78, 5) is 14.0. The third-order valence-corrected chi connectivity index (χ3v) is 2.47. The second-order valence-corrected chi connectivity index (χ2v) is 4.73. The van der Waals surface area contributed by atoms with Crippen LogP contribution >= 0.6 is 0 Å². The second kappa shape index (κ2) is 5.68. The van der Waals surface area contributed by atoms with Gasteiger partial charge in [-0.1, -0.05) is 11.6 Å². The highest BCUT2D eigenvalue weighted by atomic mass is 16.1. The van der Waals surface area contributed by atoms with Gasteiger partial charge in [-0.05, 0) is 40.1 Å². The van der Waals surface area contributed by atoms with Crippen molar-refractivity contribution < 1.29 is 4.79 Å². The van der Waals surface area contributed by atoms with Crippen molar-refractivity contribution in [2.75, 3.05) is 26.4 Å². The molecule has 3 N–H and O–H groups in total. The lowest BCUT2D eigenvalue weighted by Crippen LogP contribution is -2.39. The van der Waals surface area contributed by atoms with Crippen LogP contribution in [0, 0.1) is 6.92 Å². The van der Waals surface area contributed by atoms with Gasteiger partial charge in [0.25, 0.3) is 5.91 Å². The van der Waals surface area contributed by atoms with Crippen LogP contribution in [0.1, 0.15) is 22.8 Å². The summed E-state index contributed by atoms with van der Waals surface area (Å²) < 4.78 is 0. The summed E-state index contributed by atoms with van der Waals surface area (Å²) in [6.07, 6.45) is 0. The number of carbonyl (C=O) groups excluding carboxylic acids is 1. The van der Waals surface area contributed by atoms with E-state index in [1.807, 2.05) is 45.0 Å². The Kier molecular flexibility index (Phi) is 4.52. The number of nitrogen functional groups attached to an aromatic ring is 1. The van der Waals surface area contributed by atoms with Crippen LogP contribution in [-0.4, -0.2) is 37.5 Å². The predicted molar refractivity (Wildman–Crippen MR) is 71.1 cm³/mol. The Balaban J connectivity index is 2.73. The van der Waals surface area contributed by atoms with E-state index in [4.69, 9.17) is 5.73 Å². The molecule has 1 rings (SSSR count). The normalized spacial score (nSPS) is 12.5. The lowest BCUT2D eigenvalue weighted by Gasteiger charge is -2.18. The Morgan fingerprint density at radius 3 is 2.71 bits per heavy atom. The number of nitrogens with zero attached hydrogens (tertiary/aromatic N) is 1. The van der Waals surface area contributed by atoms with E-state index >= 15 is 0 Å². The molecule has 0 bridgehead atoms. The van der Waals surface area contributed by atoms with Gasteiger partial charge in [0, 0.05) is 18.3 Å². The molecule has 0 heterocycles. The van der Waals surface area contributed by atoms with Gasteiger partial charge in [-0.3, -0.25) is 4.79 Å². The Morgan fingerprint density at radius 1 is 1.47 bits per heavy atom. The molecule has 1 unspecified atom stereocenters. The number of nitrogens with two attached hydrogens (primary N) is 1. The highest BCUT2D eigenvalue weighted by Crippen LogP contribution is 2.13. The first-order valence-electron chi connectivity index (χ1n) is 5.72. The number of rotatable bonds is 4. The molecule has 0 radical (unpaired) electrons. The molecule has 1 aromatic carbocycles. The molecule has 0 fully saturated rings. The first kappa shape index (κ1) is 13.5. The van der Waals surface area contributed by atoms with Crippen LogP contribution in [0.15, 0.2) is 18.2 Å². The van der Waals surface area contributed by atoms with Crippen LogP contribution in [0.3, 0.4) is 0 Å². The Morgan fingerprint density at radius 2 is 2.12 bits per heavy atom. The number of nitrogens with one attached hydrogen (secondary N) is 1. The fourth-order valence-corrected chi connectivity index (χ4v) is 1.76. The van der Waals surface area contributed by atoms with Crippen LogP contribution in [0.2, 0.25) is 0 Å². The summed E-state index contributed by atoms with van der Waals surface area (Å²) in [7, 11) is 3.95. The van der Waals surface area contributed by atoms with E-state index in [-0.39, 0.29) is 11.9 Å². The zero-order valence-electron chi connectivity index (χ0n) is 10.9. The van der Waals surface area contributed by atoms with Crippen LogP contribution in [0.5, 0.6) is 0 Å². The molecule has 4 heteroatoms. The third kappa shape index (κ3) is 4.07. The fraction of sp³-hybridized carbons (Fsp3) is 0.462. The number of hydrogen-bond donors (Lipinski definition) is 2. The third-order valence-electron chi connectivity index (χ3n) is 2.47. The molecular formula is C13H21N3O. The summed E-state index contributed by atoms with van der Waals surface area (Å²) in [6.45, 7) is 4.72. The summed E-state index contributed by atoms with van der Waals surface area (Å²) >= 11 is 0. The van der Waals surface area contributed by atoms with Crippen LogP contribution in [0.25, 0.3) is 0 Å². The van der Waals surface area contributed by atoms with Crippen molar-refractivity contribution in [1.29, 1.82) is 0 Å². The predicted octanol–water partition coefficient (Wildman–Crippen LogP) is 1.26. The minimum Gasteiger partial charge on any atom is -0.398 e. The number of hydrogen-bond acceptors (Lipinski definition) is 3. The molecule has 0 saturated heterocycles. The SMILES string of the molecule is Cc1ccc(N)c(C(=O)NC(C)CN(C)C)c1. The van der Waals surface area contributed by atoms with E-state index in [9.17, 15) is 4.79 Å². The number of carbonyl (C=O) groups is 1. The highest BCUT2D eigenvalue weighted by molar-refractivity contribution is 5.99. The Bertz CT molecular complexity index is 402. The second-order valence-electron chi connectivity index (χ2n) is 4.73. The molecule has 17 heavy (non-hydrogen) atoms. The lowest BCUT2D eigenvalue weighted by molar-refractivity contribution is 0.0935. The first-order chi connectivity index (χ1) is 7.90. The maximum absolute atomic E-state index is 12.0. The smallest absolute Gasteiger partial charge is 0.253 e. The van der Waals surface area contributed by atoms with Crippen LogP contribution in [-0.2, 0) is 0 Å². The van der Waals surface area contributed by atoms with Crippen molar-refractivity contribution in [3.8, 4) is 0 Å². The van der Waals surface area contributed by atoms with Gasteiger partial charge in [0.15, 0.2) is 0 Å². The van der Waals surface area contributed by atoms with Crippen molar-refractivity contribution in [2.24, 2.45) is 0 Å². The molecule has 0 aliphatic carbocycles. The molecule has 94 valence electrons. The average molecular weight is 235 g/mol. The molecule has 0 aliphatic rings. The van der Waals surface area contributed by atoms with Crippen LogP contribution in [0.4, 0.5) is 5.69 Å². The minimum atomic E-state index is -0.111. The molecule has 0 aromatic heterocycles. The van der Waals surface area contributed by atoms with E-state index in [1.54, 1.807) is 6.07 Å². The molecule has 1 aromatic rings. The van der Waals surface area contributed by atoms with Crippen molar-refractivity contribution >= 4 is 11.6 Å².